The summed E-state index contributed by atoms with van der Waals surface area (Å²) in [6.45, 7) is 11.9. The summed E-state index contributed by atoms with van der Waals surface area (Å²) in [7, 11) is 0. The van der Waals surface area contributed by atoms with E-state index < -0.39 is 0 Å². The zero-order valence-corrected chi connectivity index (χ0v) is 14.6. The van der Waals surface area contributed by atoms with Gasteiger partial charge in [-0.1, -0.05) is 13.8 Å². The molecular weight excluding hydrogens is 296 g/mol. The first-order valence-corrected chi connectivity index (χ1v) is 9.12. The number of carbonyl (C=O) groups excluding carboxylic acids is 1. The molecule has 2 aliphatic heterocycles. The number of thiophene rings is 1. The molecule has 0 unspecified atom stereocenters. The van der Waals surface area contributed by atoms with Crippen LogP contribution < -0.4 is 0 Å². The molecule has 2 fully saturated rings. The Kier molecular flexibility index (Phi) is 4.85. The number of hydrogen-bond donors (Lipinski definition) is 0. The lowest BCUT2D eigenvalue weighted by atomic mass is 10.0. The van der Waals surface area contributed by atoms with E-state index in [4.69, 9.17) is 4.74 Å². The average Bonchev–Trinajstić information content (AvgIpc) is 3.10. The van der Waals surface area contributed by atoms with Gasteiger partial charge in [0.1, 0.15) is 0 Å². The van der Waals surface area contributed by atoms with E-state index in [9.17, 15) is 4.79 Å². The number of rotatable bonds is 3. The molecular formula is C17H26N2O2S. The Balaban J connectivity index is 1.68. The van der Waals surface area contributed by atoms with Crippen LogP contribution in [0, 0.1) is 12.8 Å². The third-order valence-corrected chi connectivity index (χ3v) is 6.30. The van der Waals surface area contributed by atoms with Crippen LogP contribution in [0.1, 0.15) is 34.0 Å². The third-order valence-electron chi connectivity index (χ3n) is 4.93. The lowest BCUT2D eigenvalue weighted by Crippen LogP contribution is -2.47. The van der Waals surface area contributed by atoms with E-state index >= 15 is 0 Å². The van der Waals surface area contributed by atoms with E-state index in [0.717, 1.165) is 50.7 Å². The van der Waals surface area contributed by atoms with E-state index in [1.54, 1.807) is 11.3 Å². The maximum Gasteiger partial charge on any atom is 0.264 e. The van der Waals surface area contributed by atoms with Gasteiger partial charge in [0.2, 0.25) is 0 Å². The fourth-order valence-electron chi connectivity index (χ4n) is 3.63. The Hall–Kier alpha value is -0.910. The van der Waals surface area contributed by atoms with E-state index in [1.165, 1.54) is 10.4 Å². The highest BCUT2D eigenvalue weighted by Crippen LogP contribution is 2.28. The van der Waals surface area contributed by atoms with Crippen molar-refractivity contribution >= 4 is 17.2 Å². The largest absolute Gasteiger partial charge is 0.379 e. The number of likely N-dealkylation sites (tertiary alicyclic amines) is 1. The van der Waals surface area contributed by atoms with Crippen molar-refractivity contribution < 1.29 is 9.53 Å². The fraction of sp³-hybridized carbons (Fsp3) is 0.706. The molecule has 122 valence electrons. The molecule has 1 aromatic rings. The van der Waals surface area contributed by atoms with E-state index in [0.29, 0.717) is 12.0 Å². The first-order valence-electron chi connectivity index (χ1n) is 8.30. The van der Waals surface area contributed by atoms with Crippen LogP contribution in [0.4, 0.5) is 0 Å². The molecule has 0 aliphatic carbocycles. The Morgan fingerprint density at radius 1 is 1.36 bits per heavy atom. The van der Waals surface area contributed by atoms with Crippen molar-refractivity contribution in [1.82, 2.24) is 9.80 Å². The zero-order valence-electron chi connectivity index (χ0n) is 13.8. The van der Waals surface area contributed by atoms with Gasteiger partial charge in [-0.25, -0.2) is 0 Å². The molecule has 0 spiro atoms. The van der Waals surface area contributed by atoms with Gasteiger partial charge in [0.05, 0.1) is 18.1 Å². The van der Waals surface area contributed by atoms with Crippen LogP contribution >= 0.6 is 11.3 Å². The van der Waals surface area contributed by atoms with Gasteiger partial charge in [-0.15, -0.1) is 11.3 Å². The number of morpholine rings is 1. The first kappa shape index (κ1) is 16.0. The van der Waals surface area contributed by atoms with Crippen LogP contribution in [-0.2, 0) is 11.2 Å². The maximum atomic E-state index is 12.8. The van der Waals surface area contributed by atoms with Gasteiger partial charge in [-0.3, -0.25) is 9.69 Å². The van der Waals surface area contributed by atoms with Crippen molar-refractivity contribution in [2.45, 2.75) is 33.2 Å². The zero-order chi connectivity index (χ0) is 15.7. The number of amides is 1. The number of aryl methyl sites for hydroxylation is 2. The second-order valence-electron chi connectivity index (χ2n) is 6.47. The minimum atomic E-state index is 0.218. The van der Waals surface area contributed by atoms with Crippen molar-refractivity contribution in [2.24, 2.45) is 5.92 Å². The molecule has 3 heterocycles. The molecule has 2 atom stereocenters. The molecule has 0 N–H and O–H groups in total. The van der Waals surface area contributed by atoms with Crippen LogP contribution in [0.5, 0.6) is 0 Å². The highest BCUT2D eigenvalue weighted by Gasteiger charge is 2.37. The molecule has 0 saturated carbocycles. The molecule has 3 rings (SSSR count). The first-order chi connectivity index (χ1) is 10.6. The van der Waals surface area contributed by atoms with Gasteiger partial charge in [0.25, 0.3) is 5.91 Å². The summed E-state index contributed by atoms with van der Waals surface area (Å²) in [5.74, 6) is 0.754. The monoisotopic (exact) mass is 322 g/mol. The van der Waals surface area contributed by atoms with Gasteiger partial charge >= 0.3 is 0 Å². The number of nitrogens with zero attached hydrogens (tertiary/aromatic N) is 2. The summed E-state index contributed by atoms with van der Waals surface area (Å²) < 4.78 is 5.45. The van der Waals surface area contributed by atoms with Crippen LogP contribution in [0.3, 0.4) is 0 Å². The molecule has 22 heavy (non-hydrogen) atoms. The molecule has 2 saturated heterocycles. The Morgan fingerprint density at radius 3 is 2.73 bits per heavy atom. The predicted molar refractivity (Wildman–Crippen MR) is 89.7 cm³/mol. The molecule has 2 aliphatic rings. The van der Waals surface area contributed by atoms with Crippen molar-refractivity contribution in [3.63, 3.8) is 0 Å². The average molecular weight is 322 g/mol. The van der Waals surface area contributed by atoms with Gasteiger partial charge in [-0.05, 0) is 30.9 Å². The highest BCUT2D eigenvalue weighted by molar-refractivity contribution is 7.14. The highest BCUT2D eigenvalue weighted by atomic mass is 32.1. The van der Waals surface area contributed by atoms with Crippen molar-refractivity contribution in [3.8, 4) is 0 Å². The summed E-state index contributed by atoms with van der Waals surface area (Å²) in [5, 5.41) is 0. The van der Waals surface area contributed by atoms with Crippen molar-refractivity contribution in [1.29, 1.82) is 0 Å². The number of ether oxygens (including phenoxy) is 1. The topological polar surface area (TPSA) is 32.8 Å². The van der Waals surface area contributed by atoms with E-state index in [1.807, 2.05) is 0 Å². The SMILES string of the molecule is CCc1sc(C(=O)N2C[C@H](C)[C@@H](N3CCOCC3)C2)cc1C. The predicted octanol–water partition coefficient (Wildman–Crippen LogP) is 2.41. The quantitative estimate of drug-likeness (QED) is 0.857. The molecule has 1 aromatic heterocycles. The fourth-order valence-corrected chi connectivity index (χ4v) is 4.71. The van der Waals surface area contributed by atoms with Crippen molar-refractivity contribution in [3.05, 3.63) is 21.4 Å². The van der Waals surface area contributed by atoms with Gasteiger partial charge in [-0.2, -0.15) is 0 Å². The lowest BCUT2D eigenvalue weighted by Gasteiger charge is -2.33. The van der Waals surface area contributed by atoms with Gasteiger partial charge in [0.15, 0.2) is 0 Å². The minimum Gasteiger partial charge on any atom is -0.379 e. The Morgan fingerprint density at radius 2 is 2.09 bits per heavy atom. The third kappa shape index (κ3) is 3.07. The molecule has 0 aromatic carbocycles. The summed E-state index contributed by atoms with van der Waals surface area (Å²) in [6, 6.07) is 2.55. The van der Waals surface area contributed by atoms with E-state index in [2.05, 4.69) is 36.6 Å². The summed E-state index contributed by atoms with van der Waals surface area (Å²) in [4.78, 5) is 19.6. The summed E-state index contributed by atoms with van der Waals surface area (Å²) in [6.07, 6.45) is 1.01. The minimum absolute atomic E-state index is 0.218. The van der Waals surface area contributed by atoms with Crippen LogP contribution in [0.2, 0.25) is 0 Å². The Labute approximate surface area is 137 Å². The van der Waals surface area contributed by atoms with E-state index in [-0.39, 0.29) is 5.91 Å². The molecule has 0 radical (unpaired) electrons. The Bertz CT molecular complexity index is 537. The number of carbonyl (C=O) groups is 1. The summed E-state index contributed by atoms with van der Waals surface area (Å²) >= 11 is 1.67. The molecule has 1 amide bonds. The van der Waals surface area contributed by atoms with Crippen LogP contribution in [-0.4, -0.2) is 61.1 Å². The van der Waals surface area contributed by atoms with Gasteiger partial charge < -0.3 is 9.64 Å². The molecule has 5 heteroatoms. The van der Waals surface area contributed by atoms with Crippen molar-refractivity contribution in [2.75, 3.05) is 39.4 Å². The maximum absolute atomic E-state index is 12.8. The van der Waals surface area contributed by atoms with Crippen LogP contribution in [0.25, 0.3) is 0 Å². The second-order valence-corrected chi connectivity index (χ2v) is 7.61. The summed E-state index contributed by atoms with van der Waals surface area (Å²) in [5.41, 5.74) is 1.26. The second kappa shape index (κ2) is 6.69. The van der Waals surface area contributed by atoms with Crippen LogP contribution in [0.15, 0.2) is 6.07 Å². The standard InChI is InChI=1S/C17H26N2O2S/c1-4-15-12(2)9-16(22-15)17(20)19-10-13(3)14(11-19)18-5-7-21-8-6-18/h9,13-14H,4-8,10-11H2,1-3H3/t13-,14-/m0/s1. The number of hydrogen-bond acceptors (Lipinski definition) is 4. The molecule has 0 bridgehead atoms. The smallest absolute Gasteiger partial charge is 0.264 e. The molecule has 4 nitrogen and oxygen atoms in total. The normalized spacial score (nSPS) is 26.6. The van der Waals surface area contributed by atoms with Gasteiger partial charge in [0, 0.05) is 37.1 Å². The lowest BCUT2D eigenvalue weighted by molar-refractivity contribution is 0.0119.